The number of hydrogen-bond donors (Lipinski definition) is 0. The van der Waals surface area contributed by atoms with Crippen molar-refractivity contribution >= 4 is 5.78 Å². The molecule has 15 heavy (non-hydrogen) atoms. The summed E-state index contributed by atoms with van der Waals surface area (Å²) in [4.78, 5) is 11.6. The van der Waals surface area contributed by atoms with Gasteiger partial charge in [-0.1, -0.05) is 0 Å². The molecule has 0 heterocycles. The van der Waals surface area contributed by atoms with Crippen LogP contribution in [0.3, 0.4) is 0 Å². The van der Waals surface area contributed by atoms with Crippen molar-refractivity contribution < 1.29 is 13.9 Å². The van der Waals surface area contributed by atoms with Crippen LogP contribution in [0.4, 0.5) is 4.39 Å². The van der Waals surface area contributed by atoms with Gasteiger partial charge >= 0.3 is 0 Å². The van der Waals surface area contributed by atoms with E-state index in [0.29, 0.717) is 30.6 Å². The molecule has 0 radical (unpaired) electrons. The lowest BCUT2D eigenvalue weighted by atomic mass is 10.0. The SMILES string of the molecule is COCCCC(=O)c1ccc(F)c(C)c1. The molecule has 82 valence electrons. The van der Waals surface area contributed by atoms with Gasteiger partial charge in [0, 0.05) is 25.7 Å². The Kier molecular flexibility index (Phi) is 4.43. The second-order valence-corrected chi connectivity index (χ2v) is 3.48. The third kappa shape index (κ3) is 3.44. The Hall–Kier alpha value is -1.22. The summed E-state index contributed by atoms with van der Waals surface area (Å²) in [5.41, 5.74) is 1.08. The molecule has 2 nitrogen and oxygen atoms in total. The first-order chi connectivity index (χ1) is 7.15. The molecule has 0 N–H and O–H groups in total. The van der Waals surface area contributed by atoms with E-state index in [1.54, 1.807) is 20.1 Å². The molecule has 0 aliphatic carbocycles. The fourth-order valence-electron chi connectivity index (χ4n) is 1.34. The summed E-state index contributed by atoms with van der Waals surface area (Å²) in [6.45, 7) is 2.23. The number of rotatable bonds is 5. The standard InChI is InChI=1S/C12H15FO2/c1-9-8-10(5-6-11(9)13)12(14)4-3-7-15-2/h5-6,8H,3-4,7H2,1-2H3. The normalized spacial score (nSPS) is 10.3. The van der Waals surface area contributed by atoms with E-state index in [0.717, 1.165) is 0 Å². The molecule has 0 amide bonds. The van der Waals surface area contributed by atoms with E-state index >= 15 is 0 Å². The van der Waals surface area contributed by atoms with Crippen molar-refractivity contribution in [3.8, 4) is 0 Å². The second kappa shape index (κ2) is 5.61. The summed E-state index contributed by atoms with van der Waals surface area (Å²) in [6.07, 6.45) is 1.14. The highest BCUT2D eigenvalue weighted by molar-refractivity contribution is 5.96. The quantitative estimate of drug-likeness (QED) is 0.551. The zero-order valence-corrected chi connectivity index (χ0v) is 9.05. The largest absolute Gasteiger partial charge is 0.385 e. The molecule has 0 atom stereocenters. The monoisotopic (exact) mass is 210 g/mol. The molecule has 0 unspecified atom stereocenters. The minimum atomic E-state index is -0.275. The average Bonchev–Trinajstić information content (AvgIpc) is 2.22. The van der Waals surface area contributed by atoms with Gasteiger partial charge < -0.3 is 4.74 Å². The number of aryl methyl sites for hydroxylation is 1. The second-order valence-electron chi connectivity index (χ2n) is 3.48. The Bertz CT molecular complexity index is 347. The van der Waals surface area contributed by atoms with Gasteiger partial charge in [-0.05, 0) is 37.1 Å². The Morgan fingerprint density at radius 2 is 2.20 bits per heavy atom. The molecule has 1 aromatic carbocycles. The van der Waals surface area contributed by atoms with Crippen molar-refractivity contribution in [2.24, 2.45) is 0 Å². The van der Waals surface area contributed by atoms with Crippen LogP contribution in [0.15, 0.2) is 18.2 Å². The number of carbonyl (C=O) groups excluding carboxylic acids is 1. The number of ketones is 1. The highest BCUT2D eigenvalue weighted by Gasteiger charge is 2.07. The molecule has 0 spiro atoms. The molecule has 0 aliphatic heterocycles. The third-order valence-electron chi connectivity index (χ3n) is 2.23. The molecule has 1 aromatic rings. The molecule has 0 saturated carbocycles. The van der Waals surface area contributed by atoms with Crippen LogP contribution in [-0.2, 0) is 4.74 Å². The molecule has 0 bridgehead atoms. The van der Waals surface area contributed by atoms with E-state index in [9.17, 15) is 9.18 Å². The van der Waals surface area contributed by atoms with E-state index in [-0.39, 0.29) is 11.6 Å². The van der Waals surface area contributed by atoms with Gasteiger partial charge in [0.2, 0.25) is 0 Å². The number of carbonyl (C=O) groups is 1. The van der Waals surface area contributed by atoms with Crippen molar-refractivity contribution in [2.75, 3.05) is 13.7 Å². The highest BCUT2D eigenvalue weighted by Crippen LogP contribution is 2.11. The van der Waals surface area contributed by atoms with E-state index in [1.807, 2.05) is 0 Å². The molecule has 3 heteroatoms. The summed E-state index contributed by atoms with van der Waals surface area (Å²) < 4.78 is 17.8. The van der Waals surface area contributed by atoms with Gasteiger partial charge in [0.15, 0.2) is 5.78 Å². The van der Waals surface area contributed by atoms with E-state index in [1.165, 1.54) is 12.1 Å². The van der Waals surface area contributed by atoms with Crippen LogP contribution >= 0.6 is 0 Å². The summed E-state index contributed by atoms with van der Waals surface area (Å²) in [6, 6.07) is 4.45. The minimum absolute atomic E-state index is 0.0372. The molecule has 0 fully saturated rings. The van der Waals surface area contributed by atoms with Crippen LogP contribution in [0, 0.1) is 12.7 Å². The summed E-state index contributed by atoms with van der Waals surface area (Å²) in [7, 11) is 1.60. The average molecular weight is 210 g/mol. The van der Waals surface area contributed by atoms with Crippen molar-refractivity contribution in [3.63, 3.8) is 0 Å². The van der Waals surface area contributed by atoms with Crippen LogP contribution in [0.5, 0.6) is 0 Å². The first-order valence-electron chi connectivity index (χ1n) is 4.93. The van der Waals surface area contributed by atoms with Crippen LogP contribution < -0.4 is 0 Å². The number of Topliss-reactive ketones (excluding diaryl/α,β-unsaturated/α-hetero) is 1. The van der Waals surface area contributed by atoms with Crippen LogP contribution in [0.1, 0.15) is 28.8 Å². The van der Waals surface area contributed by atoms with E-state index in [2.05, 4.69) is 0 Å². The number of hydrogen-bond acceptors (Lipinski definition) is 2. The maximum atomic E-state index is 12.9. The Morgan fingerprint density at radius 1 is 1.47 bits per heavy atom. The van der Waals surface area contributed by atoms with E-state index in [4.69, 9.17) is 4.74 Å². The number of ether oxygens (including phenoxy) is 1. The molecule has 0 saturated heterocycles. The molecule has 0 aliphatic rings. The molecule has 1 rings (SSSR count). The van der Waals surface area contributed by atoms with Gasteiger partial charge in [-0.25, -0.2) is 4.39 Å². The predicted molar refractivity (Wildman–Crippen MR) is 56.6 cm³/mol. The van der Waals surface area contributed by atoms with Crippen LogP contribution in [0.25, 0.3) is 0 Å². The van der Waals surface area contributed by atoms with Crippen molar-refractivity contribution in [3.05, 3.63) is 35.1 Å². The first kappa shape index (κ1) is 11.9. The molecule has 0 aromatic heterocycles. The summed E-state index contributed by atoms with van der Waals surface area (Å²) in [5, 5.41) is 0. The predicted octanol–water partition coefficient (Wildman–Crippen LogP) is 2.74. The Balaban J connectivity index is 2.62. The van der Waals surface area contributed by atoms with Crippen LogP contribution in [-0.4, -0.2) is 19.5 Å². The topological polar surface area (TPSA) is 26.3 Å². The summed E-state index contributed by atoms with van der Waals surface area (Å²) in [5.74, 6) is -0.237. The van der Waals surface area contributed by atoms with Gasteiger partial charge in [0.1, 0.15) is 5.82 Å². The van der Waals surface area contributed by atoms with Crippen molar-refractivity contribution in [2.45, 2.75) is 19.8 Å². The fourth-order valence-corrected chi connectivity index (χ4v) is 1.34. The number of benzene rings is 1. The zero-order valence-electron chi connectivity index (χ0n) is 9.05. The summed E-state index contributed by atoms with van der Waals surface area (Å²) >= 11 is 0. The lowest BCUT2D eigenvalue weighted by Gasteiger charge is -2.02. The fraction of sp³-hybridized carbons (Fsp3) is 0.417. The first-order valence-corrected chi connectivity index (χ1v) is 4.93. The van der Waals surface area contributed by atoms with Crippen molar-refractivity contribution in [1.82, 2.24) is 0 Å². The number of methoxy groups -OCH3 is 1. The third-order valence-corrected chi connectivity index (χ3v) is 2.23. The lowest BCUT2D eigenvalue weighted by Crippen LogP contribution is -2.02. The Morgan fingerprint density at radius 3 is 2.80 bits per heavy atom. The van der Waals surface area contributed by atoms with Gasteiger partial charge in [-0.2, -0.15) is 0 Å². The number of halogens is 1. The molecular formula is C12H15FO2. The molecular weight excluding hydrogens is 195 g/mol. The smallest absolute Gasteiger partial charge is 0.162 e. The van der Waals surface area contributed by atoms with E-state index < -0.39 is 0 Å². The van der Waals surface area contributed by atoms with Gasteiger partial charge in [0.25, 0.3) is 0 Å². The van der Waals surface area contributed by atoms with Crippen molar-refractivity contribution in [1.29, 1.82) is 0 Å². The lowest BCUT2D eigenvalue weighted by molar-refractivity contribution is 0.0963. The van der Waals surface area contributed by atoms with Crippen LogP contribution in [0.2, 0.25) is 0 Å². The van der Waals surface area contributed by atoms with Gasteiger partial charge in [-0.15, -0.1) is 0 Å². The zero-order chi connectivity index (χ0) is 11.3. The Labute approximate surface area is 89.1 Å². The van der Waals surface area contributed by atoms with Gasteiger partial charge in [-0.3, -0.25) is 4.79 Å². The minimum Gasteiger partial charge on any atom is -0.385 e. The maximum absolute atomic E-state index is 12.9. The van der Waals surface area contributed by atoms with Gasteiger partial charge in [0.05, 0.1) is 0 Å². The maximum Gasteiger partial charge on any atom is 0.162 e. The highest BCUT2D eigenvalue weighted by atomic mass is 19.1.